The molecule has 1 aromatic carbocycles. The highest BCUT2D eigenvalue weighted by Gasteiger charge is 2.27. The third-order valence-corrected chi connectivity index (χ3v) is 2.25. The number of benzene rings is 1. The first-order chi connectivity index (χ1) is 7.16. The van der Waals surface area contributed by atoms with E-state index in [1.54, 1.807) is 12.1 Å². The zero-order valence-electron chi connectivity index (χ0n) is 7.93. The average molecular weight is 207 g/mol. The Morgan fingerprint density at radius 1 is 1.60 bits per heavy atom. The molecule has 0 saturated heterocycles. The van der Waals surface area contributed by atoms with Crippen LogP contribution in [0.4, 0.5) is 5.69 Å². The highest BCUT2D eigenvalue weighted by atomic mass is 16.5. The summed E-state index contributed by atoms with van der Waals surface area (Å²) in [7, 11) is -0.897. The minimum Gasteiger partial charge on any atom is -0.480 e. The number of anilines is 1. The predicted molar refractivity (Wildman–Crippen MR) is 55.0 cm³/mol. The van der Waals surface area contributed by atoms with Crippen LogP contribution in [0.1, 0.15) is 5.56 Å². The molecule has 5 nitrogen and oxygen atoms in total. The van der Waals surface area contributed by atoms with Crippen LogP contribution in [-0.4, -0.2) is 29.8 Å². The van der Waals surface area contributed by atoms with Gasteiger partial charge in [0.1, 0.15) is 6.54 Å². The molecule has 0 fully saturated rings. The fourth-order valence-corrected chi connectivity index (χ4v) is 1.50. The van der Waals surface area contributed by atoms with Gasteiger partial charge in [-0.15, -0.1) is 0 Å². The number of carboxylic acids is 1. The van der Waals surface area contributed by atoms with E-state index in [1.165, 1.54) is 0 Å². The Morgan fingerprint density at radius 2 is 2.40 bits per heavy atom. The summed E-state index contributed by atoms with van der Waals surface area (Å²) in [5.41, 5.74) is 2.30. The third kappa shape index (κ3) is 2.11. The molecule has 1 aromatic rings. The molecule has 6 heteroatoms. The number of nitrogens with one attached hydrogen (secondary N) is 1. The minimum atomic E-state index is -0.924. The van der Waals surface area contributed by atoms with Crippen LogP contribution in [0, 0.1) is 0 Å². The second kappa shape index (κ2) is 3.92. The minimum absolute atomic E-state index is 0.143. The fraction of sp³-hybridized carbons (Fsp3) is 0.222. The summed E-state index contributed by atoms with van der Waals surface area (Å²) in [4.78, 5) is 10.3. The molecule has 0 radical (unpaired) electrons. The molecular formula is C9H10BNO4. The van der Waals surface area contributed by atoms with Gasteiger partial charge in [0, 0.05) is 5.69 Å². The standard InChI is InChI=1S/C9H10BNO4/c12-9(13)4-11-7-2-1-6-5-15-10(14)8(6)3-7/h1-3,11,14H,4-5H2,(H,12,13). The summed E-state index contributed by atoms with van der Waals surface area (Å²) in [6.07, 6.45) is 0. The lowest BCUT2D eigenvalue weighted by molar-refractivity contribution is -0.134. The molecule has 0 saturated carbocycles. The van der Waals surface area contributed by atoms with Crippen LogP contribution >= 0.6 is 0 Å². The summed E-state index contributed by atoms with van der Waals surface area (Å²) in [5, 5.41) is 20.6. The smallest absolute Gasteiger partial charge is 0.480 e. The zero-order valence-corrected chi connectivity index (χ0v) is 7.93. The normalized spacial score (nSPS) is 13.8. The number of rotatable bonds is 3. The van der Waals surface area contributed by atoms with E-state index < -0.39 is 13.1 Å². The molecule has 78 valence electrons. The second-order valence-corrected chi connectivity index (χ2v) is 3.32. The lowest BCUT2D eigenvalue weighted by Crippen LogP contribution is -2.28. The molecule has 0 aromatic heterocycles. The van der Waals surface area contributed by atoms with Crippen molar-refractivity contribution in [2.75, 3.05) is 11.9 Å². The first-order valence-corrected chi connectivity index (χ1v) is 4.55. The Bertz CT molecular complexity index is 396. The molecular weight excluding hydrogens is 197 g/mol. The van der Waals surface area contributed by atoms with Gasteiger partial charge in [-0.1, -0.05) is 6.07 Å². The largest absolute Gasteiger partial charge is 0.491 e. The van der Waals surface area contributed by atoms with E-state index in [-0.39, 0.29) is 6.54 Å². The van der Waals surface area contributed by atoms with Gasteiger partial charge in [-0.3, -0.25) is 4.79 Å². The molecule has 0 spiro atoms. The van der Waals surface area contributed by atoms with E-state index in [1.807, 2.05) is 6.07 Å². The first kappa shape index (κ1) is 10.0. The lowest BCUT2D eigenvalue weighted by atomic mass is 9.79. The molecule has 3 N–H and O–H groups in total. The van der Waals surface area contributed by atoms with Gasteiger partial charge in [-0.2, -0.15) is 0 Å². The highest BCUT2D eigenvalue weighted by molar-refractivity contribution is 6.61. The van der Waals surface area contributed by atoms with Crippen LogP contribution < -0.4 is 10.8 Å². The van der Waals surface area contributed by atoms with Crippen molar-refractivity contribution in [3.05, 3.63) is 23.8 Å². The highest BCUT2D eigenvalue weighted by Crippen LogP contribution is 2.14. The summed E-state index contributed by atoms with van der Waals surface area (Å²) in [6.45, 7) is 0.255. The summed E-state index contributed by atoms with van der Waals surface area (Å²) >= 11 is 0. The van der Waals surface area contributed by atoms with Crippen LogP contribution in [0.15, 0.2) is 18.2 Å². The van der Waals surface area contributed by atoms with E-state index in [2.05, 4.69) is 5.32 Å². The molecule has 0 amide bonds. The van der Waals surface area contributed by atoms with Crippen molar-refractivity contribution in [3.8, 4) is 0 Å². The van der Waals surface area contributed by atoms with Gasteiger partial charge in [0.15, 0.2) is 0 Å². The van der Waals surface area contributed by atoms with Gasteiger partial charge in [-0.25, -0.2) is 0 Å². The fourth-order valence-electron chi connectivity index (χ4n) is 1.50. The summed E-state index contributed by atoms with van der Waals surface area (Å²) in [5.74, 6) is -0.924. The number of hydrogen-bond acceptors (Lipinski definition) is 4. The number of carbonyl (C=O) groups is 1. The van der Waals surface area contributed by atoms with E-state index in [0.29, 0.717) is 17.8 Å². The Morgan fingerprint density at radius 3 is 3.13 bits per heavy atom. The van der Waals surface area contributed by atoms with Gasteiger partial charge in [0.05, 0.1) is 6.61 Å². The molecule has 1 heterocycles. The summed E-state index contributed by atoms with van der Waals surface area (Å²) in [6, 6.07) is 5.29. The molecule has 1 aliphatic heterocycles. The number of hydrogen-bond donors (Lipinski definition) is 3. The van der Waals surface area contributed by atoms with Crippen molar-refractivity contribution in [2.45, 2.75) is 6.61 Å². The van der Waals surface area contributed by atoms with Crippen molar-refractivity contribution in [3.63, 3.8) is 0 Å². The molecule has 0 bridgehead atoms. The topological polar surface area (TPSA) is 78.8 Å². The van der Waals surface area contributed by atoms with Crippen molar-refractivity contribution in [2.24, 2.45) is 0 Å². The maximum absolute atomic E-state index is 10.3. The number of carboxylic acid groups (broad SMARTS) is 1. The molecule has 2 rings (SSSR count). The maximum Gasteiger partial charge on any atom is 0.491 e. The number of aliphatic carboxylic acids is 1. The van der Waals surface area contributed by atoms with E-state index in [9.17, 15) is 9.82 Å². The SMILES string of the molecule is O=C(O)CNc1ccc2c(c1)B(O)OC2. The van der Waals surface area contributed by atoms with E-state index in [0.717, 1.165) is 5.56 Å². The Hall–Kier alpha value is -1.53. The molecule has 15 heavy (non-hydrogen) atoms. The molecule has 1 aliphatic rings. The molecule has 0 atom stereocenters. The Kier molecular flexibility index (Phi) is 2.61. The van der Waals surface area contributed by atoms with Crippen molar-refractivity contribution >= 4 is 24.2 Å². The Labute approximate surface area is 86.8 Å². The van der Waals surface area contributed by atoms with Gasteiger partial charge >= 0.3 is 13.1 Å². The van der Waals surface area contributed by atoms with Crippen LogP contribution in [0.3, 0.4) is 0 Å². The molecule has 0 aliphatic carbocycles. The van der Waals surface area contributed by atoms with Crippen LogP contribution in [-0.2, 0) is 16.1 Å². The average Bonchev–Trinajstić information content (AvgIpc) is 2.57. The van der Waals surface area contributed by atoms with Gasteiger partial charge in [-0.05, 0) is 23.2 Å². The third-order valence-electron chi connectivity index (χ3n) is 2.25. The Balaban J connectivity index is 2.14. The quantitative estimate of drug-likeness (QED) is 0.577. The lowest BCUT2D eigenvalue weighted by Gasteiger charge is -2.05. The summed E-state index contributed by atoms with van der Waals surface area (Å²) < 4.78 is 5.02. The number of fused-ring (bicyclic) bond motifs is 1. The van der Waals surface area contributed by atoms with E-state index in [4.69, 9.17) is 9.76 Å². The van der Waals surface area contributed by atoms with Crippen LogP contribution in [0.25, 0.3) is 0 Å². The van der Waals surface area contributed by atoms with Crippen molar-refractivity contribution in [1.29, 1.82) is 0 Å². The van der Waals surface area contributed by atoms with Crippen LogP contribution in [0.5, 0.6) is 0 Å². The zero-order chi connectivity index (χ0) is 10.8. The molecule has 0 unspecified atom stereocenters. The second-order valence-electron chi connectivity index (χ2n) is 3.32. The van der Waals surface area contributed by atoms with Gasteiger partial charge in [0.2, 0.25) is 0 Å². The monoisotopic (exact) mass is 207 g/mol. The van der Waals surface area contributed by atoms with E-state index >= 15 is 0 Å². The predicted octanol–water partition coefficient (Wildman–Crippen LogP) is -0.599. The van der Waals surface area contributed by atoms with Crippen LogP contribution in [0.2, 0.25) is 0 Å². The van der Waals surface area contributed by atoms with Gasteiger partial charge in [0.25, 0.3) is 0 Å². The maximum atomic E-state index is 10.3. The van der Waals surface area contributed by atoms with Crippen molar-refractivity contribution < 1.29 is 19.6 Å². The van der Waals surface area contributed by atoms with Gasteiger partial charge < -0.3 is 20.1 Å². The first-order valence-electron chi connectivity index (χ1n) is 4.55. The van der Waals surface area contributed by atoms with Crippen molar-refractivity contribution in [1.82, 2.24) is 0 Å².